The third-order valence-corrected chi connectivity index (χ3v) is 5.22. The standard InChI is InChI=1S/C21H21N5O3/c1-21(2)8-16(27)19-17(9-21)29-20(23)14(10-22)18(19)15-11-26(25-24-15)12-4-6-13(28-3)7-5-12/h4-7,11,18H,8-9,23H2,1-3H3. The van der Waals surface area contributed by atoms with Crippen molar-refractivity contribution in [2.24, 2.45) is 11.1 Å². The Kier molecular flexibility index (Phi) is 4.38. The van der Waals surface area contributed by atoms with Crippen LogP contribution in [0.1, 0.15) is 38.3 Å². The number of carbonyl (C=O) groups is 1. The lowest BCUT2D eigenvalue weighted by atomic mass is 9.71. The second-order valence-electron chi connectivity index (χ2n) is 7.99. The maximum atomic E-state index is 13.0. The molecular formula is C21H21N5O3. The number of nitrogens with two attached hydrogens (primary N) is 1. The van der Waals surface area contributed by atoms with Gasteiger partial charge in [0, 0.05) is 18.4 Å². The van der Waals surface area contributed by atoms with Crippen molar-refractivity contribution in [2.45, 2.75) is 32.6 Å². The molecule has 29 heavy (non-hydrogen) atoms. The van der Waals surface area contributed by atoms with E-state index >= 15 is 0 Å². The second-order valence-corrected chi connectivity index (χ2v) is 7.99. The average Bonchev–Trinajstić information content (AvgIpc) is 3.15. The van der Waals surface area contributed by atoms with Gasteiger partial charge in [-0.15, -0.1) is 5.10 Å². The molecule has 2 aromatic rings. The Morgan fingerprint density at radius 1 is 1.31 bits per heavy atom. The molecule has 2 aliphatic rings. The predicted molar refractivity (Wildman–Crippen MR) is 104 cm³/mol. The van der Waals surface area contributed by atoms with Crippen LogP contribution < -0.4 is 10.5 Å². The van der Waals surface area contributed by atoms with Crippen LogP contribution in [0.2, 0.25) is 0 Å². The minimum atomic E-state index is -0.681. The molecule has 0 bridgehead atoms. The highest BCUT2D eigenvalue weighted by Gasteiger charge is 2.44. The fraction of sp³-hybridized carbons (Fsp3) is 0.333. The molecule has 0 spiro atoms. The van der Waals surface area contributed by atoms with Crippen LogP contribution in [-0.2, 0) is 9.53 Å². The fourth-order valence-corrected chi connectivity index (χ4v) is 3.85. The Balaban J connectivity index is 1.78. The number of ketones is 1. The summed E-state index contributed by atoms with van der Waals surface area (Å²) in [6, 6.07) is 9.41. The summed E-state index contributed by atoms with van der Waals surface area (Å²) in [5.41, 5.74) is 7.68. The molecule has 4 rings (SSSR count). The van der Waals surface area contributed by atoms with Gasteiger partial charge in [-0.05, 0) is 29.7 Å². The number of Topliss-reactive ketones (excluding diaryl/α,β-unsaturated/α-hetero) is 1. The van der Waals surface area contributed by atoms with Crippen molar-refractivity contribution in [3.63, 3.8) is 0 Å². The van der Waals surface area contributed by atoms with Crippen LogP contribution in [0.4, 0.5) is 0 Å². The van der Waals surface area contributed by atoms with E-state index in [1.54, 1.807) is 18.0 Å². The Labute approximate surface area is 168 Å². The van der Waals surface area contributed by atoms with E-state index < -0.39 is 5.92 Å². The highest BCUT2D eigenvalue weighted by Crippen LogP contribution is 2.47. The summed E-state index contributed by atoms with van der Waals surface area (Å²) in [6.45, 7) is 4.01. The van der Waals surface area contributed by atoms with Crippen molar-refractivity contribution >= 4 is 5.78 Å². The zero-order valence-electron chi connectivity index (χ0n) is 16.5. The third kappa shape index (κ3) is 3.25. The van der Waals surface area contributed by atoms with Gasteiger partial charge in [-0.25, -0.2) is 4.68 Å². The molecule has 1 aliphatic heterocycles. The topological polar surface area (TPSA) is 116 Å². The van der Waals surface area contributed by atoms with Gasteiger partial charge >= 0.3 is 0 Å². The predicted octanol–water partition coefficient (Wildman–Crippen LogP) is 2.73. The number of benzene rings is 1. The van der Waals surface area contributed by atoms with Gasteiger partial charge < -0.3 is 15.2 Å². The van der Waals surface area contributed by atoms with Crippen molar-refractivity contribution in [3.05, 3.63) is 58.9 Å². The molecule has 1 atom stereocenters. The van der Waals surface area contributed by atoms with Crippen LogP contribution >= 0.6 is 0 Å². The van der Waals surface area contributed by atoms with E-state index in [1.807, 2.05) is 38.1 Å². The third-order valence-electron chi connectivity index (χ3n) is 5.22. The lowest BCUT2D eigenvalue weighted by Gasteiger charge is -2.36. The van der Waals surface area contributed by atoms with Crippen molar-refractivity contribution in [2.75, 3.05) is 7.11 Å². The molecule has 2 heterocycles. The molecule has 0 radical (unpaired) electrons. The Bertz CT molecular complexity index is 1090. The number of hydrogen-bond acceptors (Lipinski definition) is 7. The van der Waals surface area contributed by atoms with Crippen molar-refractivity contribution < 1.29 is 14.3 Å². The number of nitriles is 1. The fourth-order valence-electron chi connectivity index (χ4n) is 3.85. The molecule has 148 valence electrons. The van der Waals surface area contributed by atoms with Gasteiger partial charge in [0.15, 0.2) is 5.78 Å². The Hall–Kier alpha value is -3.60. The normalized spacial score (nSPS) is 20.8. The van der Waals surface area contributed by atoms with Crippen LogP contribution in [-0.4, -0.2) is 27.9 Å². The lowest BCUT2D eigenvalue weighted by molar-refractivity contribution is -0.119. The first-order chi connectivity index (χ1) is 13.8. The number of rotatable bonds is 3. The highest BCUT2D eigenvalue weighted by molar-refractivity contribution is 5.99. The SMILES string of the molecule is COc1ccc(-n2cc(C3C(C#N)=C(N)OC4=C3C(=O)CC(C)(C)C4)nn2)cc1. The molecule has 0 saturated heterocycles. The number of ether oxygens (including phenoxy) is 2. The Morgan fingerprint density at radius 3 is 2.69 bits per heavy atom. The largest absolute Gasteiger partial charge is 0.497 e. The number of aromatic nitrogens is 3. The average molecular weight is 391 g/mol. The van der Waals surface area contributed by atoms with E-state index in [1.165, 1.54) is 0 Å². The summed E-state index contributed by atoms with van der Waals surface area (Å²) in [4.78, 5) is 13.0. The molecule has 1 aromatic carbocycles. The van der Waals surface area contributed by atoms with E-state index in [4.69, 9.17) is 15.2 Å². The summed E-state index contributed by atoms with van der Waals surface area (Å²) in [6.07, 6.45) is 2.65. The van der Waals surface area contributed by atoms with Crippen LogP contribution in [0.15, 0.2) is 53.3 Å². The van der Waals surface area contributed by atoms with Gasteiger partial charge in [-0.1, -0.05) is 19.1 Å². The number of methoxy groups -OCH3 is 1. The number of nitrogens with zero attached hydrogens (tertiary/aromatic N) is 4. The van der Waals surface area contributed by atoms with Gasteiger partial charge in [0.2, 0.25) is 5.88 Å². The molecule has 0 amide bonds. The number of hydrogen-bond donors (Lipinski definition) is 1. The smallest absolute Gasteiger partial charge is 0.205 e. The number of allylic oxidation sites excluding steroid dienone is 3. The highest BCUT2D eigenvalue weighted by atomic mass is 16.5. The monoisotopic (exact) mass is 391 g/mol. The van der Waals surface area contributed by atoms with Crippen LogP contribution in [0, 0.1) is 16.7 Å². The molecule has 1 aliphatic carbocycles. The van der Waals surface area contributed by atoms with Crippen LogP contribution in [0.5, 0.6) is 5.75 Å². The molecule has 1 unspecified atom stereocenters. The van der Waals surface area contributed by atoms with Gasteiger partial charge in [0.05, 0.1) is 30.6 Å². The molecule has 1 aromatic heterocycles. The second kappa shape index (κ2) is 6.78. The van der Waals surface area contributed by atoms with Crippen molar-refractivity contribution in [1.29, 1.82) is 5.26 Å². The minimum absolute atomic E-state index is 0.0146. The zero-order chi connectivity index (χ0) is 20.8. The summed E-state index contributed by atoms with van der Waals surface area (Å²) in [7, 11) is 1.60. The quantitative estimate of drug-likeness (QED) is 0.855. The van der Waals surface area contributed by atoms with Crippen molar-refractivity contribution in [3.8, 4) is 17.5 Å². The maximum absolute atomic E-state index is 13.0. The summed E-state index contributed by atoms with van der Waals surface area (Å²) >= 11 is 0. The lowest BCUT2D eigenvalue weighted by Crippen LogP contribution is -2.33. The van der Waals surface area contributed by atoms with E-state index in [0.717, 1.165) is 11.4 Å². The van der Waals surface area contributed by atoms with E-state index in [9.17, 15) is 10.1 Å². The molecule has 8 nitrogen and oxygen atoms in total. The first-order valence-corrected chi connectivity index (χ1v) is 9.23. The van der Waals surface area contributed by atoms with E-state index in [-0.39, 0.29) is 22.7 Å². The van der Waals surface area contributed by atoms with Gasteiger partial charge in [0.25, 0.3) is 0 Å². The molecule has 0 fully saturated rings. The van der Waals surface area contributed by atoms with Gasteiger partial charge in [-0.3, -0.25) is 4.79 Å². The maximum Gasteiger partial charge on any atom is 0.205 e. The van der Waals surface area contributed by atoms with Gasteiger partial charge in [-0.2, -0.15) is 5.26 Å². The molecule has 2 N–H and O–H groups in total. The molecule has 0 saturated carbocycles. The zero-order valence-corrected chi connectivity index (χ0v) is 16.5. The molecular weight excluding hydrogens is 370 g/mol. The van der Waals surface area contributed by atoms with Crippen molar-refractivity contribution in [1.82, 2.24) is 15.0 Å². The summed E-state index contributed by atoms with van der Waals surface area (Å²) in [5, 5.41) is 18.1. The van der Waals surface area contributed by atoms with Crippen LogP contribution in [0.3, 0.4) is 0 Å². The first-order valence-electron chi connectivity index (χ1n) is 9.23. The summed E-state index contributed by atoms with van der Waals surface area (Å²) < 4.78 is 12.5. The van der Waals surface area contributed by atoms with E-state index in [2.05, 4.69) is 16.4 Å². The van der Waals surface area contributed by atoms with Crippen LogP contribution in [0.25, 0.3) is 5.69 Å². The van der Waals surface area contributed by atoms with Gasteiger partial charge in [0.1, 0.15) is 23.2 Å². The number of carbonyl (C=O) groups excluding carboxylic acids is 1. The summed E-state index contributed by atoms with van der Waals surface area (Å²) in [5.74, 6) is 0.526. The Morgan fingerprint density at radius 2 is 2.03 bits per heavy atom. The van der Waals surface area contributed by atoms with E-state index in [0.29, 0.717) is 29.9 Å². The minimum Gasteiger partial charge on any atom is -0.497 e. The first kappa shape index (κ1) is 18.7. The molecule has 8 heteroatoms.